The molecule has 23 heavy (non-hydrogen) atoms. The number of carbonyl (C=O) groups excluding carboxylic acids is 1. The quantitative estimate of drug-likeness (QED) is 0.786. The highest BCUT2D eigenvalue weighted by molar-refractivity contribution is 9.10. The van der Waals surface area contributed by atoms with E-state index in [1.165, 1.54) is 12.8 Å². The van der Waals surface area contributed by atoms with Gasteiger partial charge in [0.15, 0.2) is 0 Å². The topological polar surface area (TPSA) is 63.2 Å². The molecule has 0 spiro atoms. The van der Waals surface area contributed by atoms with Crippen LogP contribution in [-0.2, 0) is 11.3 Å². The fourth-order valence-electron chi connectivity index (χ4n) is 2.50. The fraction of sp³-hybridized carbons (Fsp3) is 0.647. The number of halogens is 1. The predicted molar refractivity (Wildman–Crippen MR) is 94.1 cm³/mol. The van der Waals surface area contributed by atoms with Gasteiger partial charge in [-0.2, -0.15) is 0 Å². The predicted octanol–water partition coefficient (Wildman–Crippen LogP) is 3.63. The van der Waals surface area contributed by atoms with Crippen LogP contribution in [0.15, 0.2) is 22.9 Å². The maximum Gasteiger partial charge on any atom is 0.407 e. The van der Waals surface area contributed by atoms with Gasteiger partial charge in [0, 0.05) is 35.5 Å². The first-order valence-electron chi connectivity index (χ1n) is 7.99. The summed E-state index contributed by atoms with van der Waals surface area (Å²) in [6.07, 6.45) is 5.64. The van der Waals surface area contributed by atoms with Gasteiger partial charge in [0.2, 0.25) is 0 Å². The SMILES string of the molecule is CC(C)(C)OC(=O)NCC(C)(NCc1cncc(Br)c1)C1CC1. The number of nitrogens with zero attached hydrogens (tertiary/aromatic N) is 1. The Kier molecular flexibility index (Phi) is 5.68. The Bertz CT molecular complexity index is 555. The average Bonchev–Trinajstić information content (AvgIpc) is 3.26. The van der Waals surface area contributed by atoms with E-state index in [0.717, 1.165) is 16.6 Å². The summed E-state index contributed by atoms with van der Waals surface area (Å²) in [5.74, 6) is 0.581. The molecule has 1 unspecified atom stereocenters. The van der Waals surface area contributed by atoms with E-state index in [2.05, 4.69) is 44.5 Å². The van der Waals surface area contributed by atoms with Crippen molar-refractivity contribution in [1.29, 1.82) is 0 Å². The van der Waals surface area contributed by atoms with Crippen molar-refractivity contribution in [3.05, 3.63) is 28.5 Å². The minimum Gasteiger partial charge on any atom is -0.444 e. The Labute approximate surface area is 146 Å². The number of amides is 1. The molecular weight excluding hydrogens is 358 g/mol. The van der Waals surface area contributed by atoms with Crippen molar-refractivity contribution in [2.45, 2.75) is 58.2 Å². The number of carbonyl (C=O) groups is 1. The monoisotopic (exact) mass is 383 g/mol. The van der Waals surface area contributed by atoms with Crippen molar-refractivity contribution in [2.24, 2.45) is 5.92 Å². The number of hydrogen-bond donors (Lipinski definition) is 2. The number of aromatic nitrogens is 1. The Balaban J connectivity index is 1.90. The van der Waals surface area contributed by atoms with Gasteiger partial charge >= 0.3 is 6.09 Å². The van der Waals surface area contributed by atoms with Crippen LogP contribution < -0.4 is 10.6 Å². The van der Waals surface area contributed by atoms with Gasteiger partial charge in [-0.05, 0) is 74.0 Å². The summed E-state index contributed by atoms with van der Waals surface area (Å²) in [6, 6.07) is 2.05. The highest BCUT2D eigenvalue weighted by Gasteiger charge is 2.41. The van der Waals surface area contributed by atoms with E-state index in [1.807, 2.05) is 27.0 Å². The summed E-state index contributed by atoms with van der Waals surface area (Å²) in [7, 11) is 0. The Hall–Kier alpha value is -1.14. The molecule has 0 saturated heterocycles. The molecule has 1 aliphatic rings. The standard InChI is InChI=1S/C17H26BrN3O2/c1-16(2,3)23-15(22)20-11-17(4,13-5-6-13)21-9-12-7-14(18)10-19-8-12/h7-8,10,13,21H,5-6,9,11H2,1-4H3,(H,20,22). The number of ether oxygens (including phenoxy) is 1. The van der Waals surface area contributed by atoms with E-state index in [1.54, 1.807) is 6.20 Å². The lowest BCUT2D eigenvalue weighted by Gasteiger charge is -2.32. The molecule has 1 heterocycles. The maximum atomic E-state index is 11.9. The molecule has 0 radical (unpaired) electrons. The lowest BCUT2D eigenvalue weighted by Crippen LogP contribution is -2.53. The smallest absolute Gasteiger partial charge is 0.407 e. The molecule has 1 saturated carbocycles. The fourth-order valence-corrected chi connectivity index (χ4v) is 2.91. The van der Waals surface area contributed by atoms with Gasteiger partial charge in [-0.3, -0.25) is 4.98 Å². The van der Waals surface area contributed by atoms with Crippen LogP contribution in [0.2, 0.25) is 0 Å². The molecule has 5 nitrogen and oxygen atoms in total. The highest BCUT2D eigenvalue weighted by Crippen LogP contribution is 2.39. The molecular formula is C17H26BrN3O2. The van der Waals surface area contributed by atoms with Gasteiger partial charge in [-0.1, -0.05) is 0 Å². The molecule has 2 N–H and O–H groups in total. The second-order valence-electron chi connectivity index (χ2n) is 7.41. The summed E-state index contributed by atoms with van der Waals surface area (Å²) in [6.45, 7) is 9.03. The van der Waals surface area contributed by atoms with Crippen LogP contribution in [0.1, 0.15) is 46.1 Å². The van der Waals surface area contributed by atoms with Crippen molar-refractivity contribution in [3.8, 4) is 0 Å². The second-order valence-corrected chi connectivity index (χ2v) is 8.33. The lowest BCUT2D eigenvalue weighted by molar-refractivity contribution is 0.0507. The molecule has 1 aromatic rings. The van der Waals surface area contributed by atoms with E-state index < -0.39 is 5.60 Å². The van der Waals surface area contributed by atoms with Crippen molar-refractivity contribution >= 4 is 22.0 Å². The summed E-state index contributed by atoms with van der Waals surface area (Å²) < 4.78 is 6.29. The zero-order valence-corrected chi connectivity index (χ0v) is 15.9. The number of alkyl carbamates (subject to hydrolysis) is 1. The summed E-state index contributed by atoms with van der Waals surface area (Å²) in [4.78, 5) is 16.1. The van der Waals surface area contributed by atoms with E-state index in [0.29, 0.717) is 12.5 Å². The summed E-state index contributed by atoms with van der Waals surface area (Å²) >= 11 is 3.44. The molecule has 1 atom stereocenters. The van der Waals surface area contributed by atoms with Gasteiger partial charge < -0.3 is 15.4 Å². The van der Waals surface area contributed by atoms with Gasteiger partial charge in [0.1, 0.15) is 5.60 Å². The normalized spacial score (nSPS) is 17.4. The van der Waals surface area contributed by atoms with E-state index >= 15 is 0 Å². The number of rotatable bonds is 6. The largest absolute Gasteiger partial charge is 0.444 e. The van der Waals surface area contributed by atoms with E-state index in [4.69, 9.17) is 4.74 Å². The van der Waals surface area contributed by atoms with Gasteiger partial charge in [0.25, 0.3) is 0 Å². The van der Waals surface area contributed by atoms with Crippen molar-refractivity contribution < 1.29 is 9.53 Å². The molecule has 0 bridgehead atoms. The number of hydrogen-bond acceptors (Lipinski definition) is 4. The molecule has 6 heteroatoms. The maximum absolute atomic E-state index is 11.9. The first-order chi connectivity index (χ1) is 10.7. The Morgan fingerprint density at radius 2 is 2.04 bits per heavy atom. The van der Waals surface area contributed by atoms with Gasteiger partial charge in [-0.15, -0.1) is 0 Å². The molecule has 0 aliphatic heterocycles. The van der Waals surface area contributed by atoms with Crippen LogP contribution in [0.4, 0.5) is 4.79 Å². The third-order valence-electron chi connectivity index (χ3n) is 3.94. The van der Waals surface area contributed by atoms with Crippen LogP contribution in [0.3, 0.4) is 0 Å². The molecule has 1 aliphatic carbocycles. The summed E-state index contributed by atoms with van der Waals surface area (Å²) in [5, 5.41) is 6.49. The van der Waals surface area contributed by atoms with Crippen LogP contribution in [-0.4, -0.2) is 28.8 Å². The molecule has 128 valence electrons. The van der Waals surface area contributed by atoms with Gasteiger partial charge in [0.05, 0.1) is 0 Å². The van der Waals surface area contributed by atoms with Gasteiger partial charge in [-0.25, -0.2) is 4.79 Å². The zero-order chi connectivity index (χ0) is 17.1. The molecule has 1 aromatic heterocycles. The van der Waals surface area contributed by atoms with E-state index in [-0.39, 0.29) is 11.6 Å². The van der Waals surface area contributed by atoms with Crippen LogP contribution in [0.25, 0.3) is 0 Å². The Morgan fingerprint density at radius 3 is 2.61 bits per heavy atom. The average molecular weight is 384 g/mol. The van der Waals surface area contributed by atoms with Crippen molar-refractivity contribution in [3.63, 3.8) is 0 Å². The lowest BCUT2D eigenvalue weighted by atomic mass is 9.95. The highest BCUT2D eigenvalue weighted by atomic mass is 79.9. The Morgan fingerprint density at radius 1 is 1.35 bits per heavy atom. The van der Waals surface area contributed by atoms with Crippen LogP contribution in [0.5, 0.6) is 0 Å². The molecule has 2 rings (SSSR count). The third-order valence-corrected chi connectivity index (χ3v) is 4.37. The molecule has 1 amide bonds. The second kappa shape index (κ2) is 7.18. The van der Waals surface area contributed by atoms with Crippen molar-refractivity contribution in [2.75, 3.05) is 6.54 Å². The minimum atomic E-state index is -0.477. The van der Waals surface area contributed by atoms with Crippen LogP contribution >= 0.6 is 15.9 Å². The number of pyridine rings is 1. The van der Waals surface area contributed by atoms with Crippen LogP contribution in [0, 0.1) is 5.92 Å². The third kappa shape index (κ3) is 6.11. The molecule has 1 fully saturated rings. The first-order valence-corrected chi connectivity index (χ1v) is 8.78. The zero-order valence-electron chi connectivity index (χ0n) is 14.3. The van der Waals surface area contributed by atoms with Crippen molar-refractivity contribution in [1.82, 2.24) is 15.6 Å². The summed E-state index contributed by atoms with van der Waals surface area (Å²) in [5.41, 5.74) is 0.498. The first kappa shape index (κ1) is 18.2. The van der Waals surface area contributed by atoms with E-state index in [9.17, 15) is 4.79 Å². The minimum absolute atomic E-state index is 0.140. The number of nitrogens with one attached hydrogen (secondary N) is 2. The molecule has 0 aromatic carbocycles.